The SMILES string of the molecule is CC1C(C(=O)O)CCN1C(=O)COc1ccc2ccccc2c1. The molecule has 1 saturated heterocycles. The van der Waals surface area contributed by atoms with E-state index < -0.39 is 11.9 Å². The number of hydrogen-bond acceptors (Lipinski definition) is 3. The molecule has 5 heteroatoms. The average Bonchev–Trinajstić information content (AvgIpc) is 2.94. The van der Waals surface area contributed by atoms with Crippen LogP contribution in [0, 0.1) is 5.92 Å². The van der Waals surface area contributed by atoms with Crippen LogP contribution < -0.4 is 4.74 Å². The Morgan fingerprint density at radius 1 is 1.22 bits per heavy atom. The maximum absolute atomic E-state index is 12.3. The maximum Gasteiger partial charge on any atom is 0.308 e. The summed E-state index contributed by atoms with van der Waals surface area (Å²) in [6.45, 7) is 2.17. The Morgan fingerprint density at radius 2 is 1.96 bits per heavy atom. The summed E-state index contributed by atoms with van der Waals surface area (Å²) in [5.41, 5.74) is 0. The molecular weight excluding hydrogens is 294 g/mol. The molecule has 0 radical (unpaired) electrons. The van der Waals surface area contributed by atoms with E-state index in [1.54, 1.807) is 11.8 Å². The summed E-state index contributed by atoms with van der Waals surface area (Å²) >= 11 is 0. The van der Waals surface area contributed by atoms with Crippen molar-refractivity contribution in [1.29, 1.82) is 0 Å². The first-order valence-electron chi connectivity index (χ1n) is 7.70. The van der Waals surface area contributed by atoms with Crippen molar-refractivity contribution < 1.29 is 19.4 Å². The van der Waals surface area contributed by atoms with E-state index in [1.807, 2.05) is 42.5 Å². The standard InChI is InChI=1S/C18H19NO4/c1-12-16(18(21)22)8-9-19(12)17(20)11-23-15-7-6-13-4-2-3-5-14(13)10-15/h2-7,10,12,16H,8-9,11H2,1H3,(H,21,22). The summed E-state index contributed by atoms with van der Waals surface area (Å²) in [6, 6.07) is 13.3. The molecule has 2 aromatic rings. The molecule has 2 aromatic carbocycles. The molecule has 0 aliphatic carbocycles. The number of carboxylic acids is 1. The number of rotatable bonds is 4. The lowest BCUT2D eigenvalue weighted by molar-refractivity contribution is -0.143. The second-order valence-corrected chi connectivity index (χ2v) is 5.86. The van der Waals surface area contributed by atoms with Crippen LogP contribution in [0.15, 0.2) is 42.5 Å². The average molecular weight is 313 g/mol. The van der Waals surface area contributed by atoms with Gasteiger partial charge in [0.2, 0.25) is 0 Å². The maximum atomic E-state index is 12.3. The summed E-state index contributed by atoms with van der Waals surface area (Å²) in [5.74, 6) is -0.865. The number of carbonyl (C=O) groups excluding carboxylic acids is 1. The van der Waals surface area contributed by atoms with Crippen molar-refractivity contribution in [2.24, 2.45) is 5.92 Å². The van der Waals surface area contributed by atoms with Crippen LogP contribution in [0.25, 0.3) is 10.8 Å². The number of fused-ring (bicyclic) bond motifs is 1. The minimum Gasteiger partial charge on any atom is -0.484 e. The largest absolute Gasteiger partial charge is 0.484 e. The molecule has 1 aliphatic rings. The van der Waals surface area contributed by atoms with E-state index in [-0.39, 0.29) is 18.6 Å². The lowest BCUT2D eigenvalue weighted by Gasteiger charge is -2.23. The van der Waals surface area contributed by atoms with E-state index in [0.29, 0.717) is 18.7 Å². The molecule has 0 saturated carbocycles. The Balaban J connectivity index is 1.63. The van der Waals surface area contributed by atoms with Crippen molar-refractivity contribution >= 4 is 22.6 Å². The zero-order valence-electron chi connectivity index (χ0n) is 12.9. The van der Waals surface area contributed by atoms with Gasteiger partial charge in [-0.3, -0.25) is 9.59 Å². The van der Waals surface area contributed by atoms with Crippen LogP contribution in [0.3, 0.4) is 0 Å². The van der Waals surface area contributed by atoms with Crippen molar-refractivity contribution in [3.63, 3.8) is 0 Å². The smallest absolute Gasteiger partial charge is 0.308 e. The van der Waals surface area contributed by atoms with Crippen LogP contribution in [0.5, 0.6) is 5.75 Å². The highest BCUT2D eigenvalue weighted by atomic mass is 16.5. The predicted octanol–water partition coefficient (Wildman–Crippen LogP) is 2.54. The van der Waals surface area contributed by atoms with Gasteiger partial charge in [0.15, 0.2) is 6.61 Å². The van der Waals surface area contributed by atoms with Crippen molar-refractivity contribution in [3.05, 3.63) is 42.5 Å². The molecule has 2 atom stereocenters. The van der Waals surface area contributed by atoms with Gasteiger partial charge in [-0.1, -0.05) is 30.3 Å². The highest BCUT2D eigenvalue weighted by Gasteiger charge is 2.38. The van der Waals surface area contributed by atoms with Gasteiger partial charge in [-0.25, -0.2) is 0 Å². The number of amides is 1. The van der Waals surface area contributed by atoms with Gasteiger partial charge in [-0.05, 0) is 36.2 Å². The number of carbonyl (C=O) groups is 2. The highest BCUT2D eigenvalue weighted by molar-refractivity contribution is 5.84. The fourth-order valence-electron chi connectivity index (χ4n) is 3.11. The Labute approximate surface area is 134 Å². The molecule has 1 aliphatic heterocycles. The highest BCUT2D eigenvalue weighted by Crippen LogP contribution is 2.25. The van der Waals surface area contributed by atoms with Gasteiger partial charge in [0.05, 0.1) is 5.92 Å². The topological polar surface area (TPSA) is 66.8 Å². The number of nitrogens with zero attached hydrogens (tertiary/aromatic N) is 1. The Bertz CT molecular complexity index is 743. The van der Waals surface area contributed by atoms with Crippen LogP contribution >= 0.6 is 0 Å². The van der Waals surface area contributed by atoms with Gasteiger partial charge in [0.25, 0.3) is 5.91 Å². The molecule has 1 amide bonds. The molecule has 0 aromatic heterocycles. The van der Waals surface area contributed by atoms with E-state index in [9.17, 15) is 9.59 Å². The van der Waals surface area contributed by atoms with E-state index >= 15 is 0 Å². The first-order valence-corrected chi connectivity index (χ1v) is 7.70. The van der Waals surface area contributed by atoms with E-state index in [4.69, 9.17) is 9.84 Å². The molecule has 0 bridgehead atoms. The van der Waals surface area contributed by atoms with Gasteiger partial charge < -0.3 is 14.7 Å². The molecule has 3 rings (SSSR count). The summed E-state index contributed by atoms with van der Waals surface area (Å²) < 4.78 is 5.59. The van der Waals surface area contributed by atoms with Gasteiger partial charge in [-0.15, -0.1) is 0 Å². The molecule has 2 unspecified atom stereocenters. The van der Waals surface area contributed by atoms with Crippen molar-refractivity contribution in [3.8, 4) is 5.75 Å². The van der Waals surface area contributed by atoms with Crippen LogP contribution in [-0.2, 0) is 9.59 Å². The Morgan fingerprint density at radius 3 is 2.65 bits per heavy atom. The third kappa shape index (κ3) is 3.13. The molecule has 5 nitrogen and oxygen atoms in total. The summed E-state index contributed by atoms with van der Waals surface area (Å²) in [4.78, 5) is 25.0. The van der Waals surface area contributed by atoms with Crippen LogP contribution in [0.2, 0.25) is 0 Å². The summed E-state index contributed by atoms with van der Waals surface area (Å²) in [6.07, 6.45) is 0.498. The fraction of sp³-hybridized carbons (Fsp3) is 0.333. The third-order valence-electron chi connectivity index (χ3n) is 4.48. The van der Waals surface area contributed by atoms with Crippen molar-refractivity contribution in [2.75, 3.05) is 13.2 Å². The Hall–Kier alpha value is -2.56. The lowest BCUT2D eigenvalue weighted by atomic mass is 10.0. The first kappa shape index (κ1) is 15.3. The zero-order chi connectivity index (χ0) is 16.4. The number of likely N-dealkylation sites (tertiary alicyclic amines) is 1. The van der Waals surface area contributed by atoms with E-state index in [1.165, 1.54) is 0 Å². The molecule has 1 fully saturated rings. The zero-order valence-corrected chi connectivity index (χ0v) is 12.9. The minimum atomic E-state index is -0.844. The van der Waals surface area contributed by atoms with Gasteiger partial charge >= 0.3 is 5.97 Å². The van der Waals surface area contributed by atoms with Crippen LogP contribution in [0.1, 0.15) is 13.3 Å². The second kappa shape index (κ2) is 6.28. The number of ether oxygens (including phenoxy) is 1. The minimum absolute atomic E-state index is 0.0744. The number of benzene rings is 2. The van der Waals surface area contributed by atoms with Gasteiger partial charge in [0, 0.05) is 12.6 Å². The molecule has 1 N–H and O–H groups in total. The molecule has 0 spiro atoms. The summed E-state index contributed by atoms with van der Waals surface area (Å²) in [7, 11) is 0. The van der Waals surface area contributed by atoms with Crippen LogP contribution in [0.4, 0.5) is 0 Å². The summed E-state index contributed by atoms with van der Waals surface area (Å²) in [5, 5.41) is 11.3. The monoisotopic (exact) mass is 313 g/mol. The van der Waals surface area contributed by atoms with Crippen molar-refractivity contribution in [1.82, 2.24) is 4.90 Å². The molecular formula is C18H19NO4. The number of carboxylic acid groups (broad SMARTS) is 1. The number of hydrogen-bond donors (Lipinski definition) is 1. The second-order valence-electron chi connectivity index (χ2n) is 5.86. The Kier molecular flexibility index (Phi) is 4.19. The van der Waals surface area contributed by atoms with E-state index in [2.05, 4.69) is 0 Å². The normalized spacial score (nSPS) is 20.7. The van der Waals surface area contributed by atoms with Gasteiger partial charge in [0.1, 0.15) is 5.75 Å². The molecule has 120 valence electrons. The quantitative estimate of drug-likeness (QED) is 0.942. The first-order chi connectivity index (χ1) is 11.1. The predicted molar refractivity (Wildman–Crippen MR) is 86.4 cm³/mol. The lowest BCUT2D eigenvalue weighted by Crippen LogP contribution is -2.40. The third-order valence-corrected chi connectivity index (χ3v) is 4.48. The van der Waals surface area contributed by atoms with E-state index in [0.717, 1.165) is 10.8 Å². The van der Waals surface area contributed by atoms with Crippen molar-refractivity contribution in [2.45, 2.75) is 19.4 Å². The van der Waals surface area contributed by atoms with Crippen LogP contribution in [-0.4, -0.2) is 41.1 Å². The molecule has 23 heavy (non-hydrogen) atoms. The fourth-order valence-corrected chi connectivity index (χ4v) is 3.11. The molecule has 1 heterocycles. The van der Waals surface area contributed by atoms with Gasteiger partial charge in [-0.2, -0.15) is 0 Å². The number of aliphatic carboxylic acids is 1.